The molecule has 1 aromatic carbocycles. The Bertz CT molecular complexity index is 354. The molecule has 2 N–H and O–H groups in total. The van der Waals surface area contributed by atoms with Crippen LogP contribution in [0.1, 0.15) is 18.4 Å². The molecule has 1 rings (SSSR count). The van der Waals surface area contributed by atoms with E-state index >= 15 is 0 Å². The number of carboxylic acid groups (broad SMARTS) is 1. The second kappa shape index (κ2) is 4.28. The van der Waals surface area contributed by atoms with Gasteiger partial charge in [0.05, 0.1) is 0 Å². The summed E-state index contributed by atoms with van der Waals surface area (Å²) in [5.41, 5.74) is -1.09. The Morgan fingerprint density at radius 3 is 2.40 bits per heavy atom. The third kappa shape index (κ3) is 2.25. The van der Waals surface area contributed by atoms with Crippen LogP contribution >= 0.6 is 0 Å². The van der Waals surface area contributed by atoms with Crippen molar-refractivity contribution >= 4 is 5.97 Å². The molecule has 0 amide bonds. The Morgan fingerprint density at radius 1 is 1.47 bits per heavy atom. The Hall–Kier alpha value is -1.61. The third-order valence-electron chi connectivity index (χ3n) is 2.43. The first-order valence-electron chi connectivity index (χ1n) is 4.63. The average molecular weight is 206 g/mol. The lowest BCUT2D eigenvalue weighted by molar-refractivity contribution is -0.157. The van der Waals surface area contributed by atoms with Gasteiger partial charge in [0.1, 0.15) is 0 Å². The maximum Gasteiger partial charge on any atom is 0.336 e. The van der Waals surface area contributed by atoms with Gasteiger partial charge in [-0.25, -0.2) is 4.79 Å². The molecule has 0 aliphatic rings. The summed E-state index contributed by atoms with van der Waals surface area (Å²) in [7, 11) is 0. The standard InChI is InChI=1S/C12H14O3/c1-3-10(12(2,15)11(13)14)9-7-5-4-6-8-9/h3-8,10,15H,1H2,2H3,(H,13,14)/t10-,12-/m0/s1. The first-order chi connectivity index (χ1) is 7.00. The number of hydrogen-bond acceptors (Lipinski definition) is 2. The molecule has 0 spiro atoms. The van der Waals surface area contributed by atoms with Crippen molar-refractivity contribution in [3.05, 3.63) is 48.6 Å². The van der Waals surface area contributed by atoms with E-state index in [1.807, 2.05) is 6.07 Å². The molecule has 0 saturated heterocycles. The number of carbonyl (C=O) groups is 1. The molecule has 0 saturated carbocycles. The summed E-state index contributed by atoms with van der Waals surface area (Å²) in [6.45, 7) is 4.84. The van der Waals surface area contributed by atoms with Crippen LogP contribution in [0, 0.1) is 0 Å². The molecule has 15 heavy (non-hydrogen) atoms. The monoisotopic (exact) mass is 206 g/mol. The summed E-state index contributed by atoms with van der Waals surface area (Å²) >= 11 is 0. The number of carboxylic acids is 1. The minimum Gasteiger partial charge on any atom is -0.479 e. The smallest absolute Gasteiger partial charge is 0.336 e. The zero-order valence-electron chi connectivity index (χ0n) is 8.55. The van der Waals surface area contributed by atoms with E-state index in [0.717, 1.165) is 5.56 Å². The summed E-state index contributed by atoms with van der Waals surface area (Å²) in [5, 5.41) is 18.7. The Morgan fingerprint density at radius 2 is 2.00 bits per heavy atom. The summed E-state index contributed by atoms with van der Waals surface area (Å²) < 4.78 is 0. The Balaban J connectivity index is 3.10. The zero-order valence-corrected chi connectivity index (χ0v) is 8.55. The van der Waals surface area contributed by atoms with E-state index < -0.39 is 17.5 Å². The molecule has 0 unspecified atom stereocenters. The van der Waals surface area contributed by atoms with Crippen LogP contribution < -0.4 is 0 Å². The van der Waals surface area contributed by atoms with Gasteiger partial charge in [-0.2, -0.15) is 0 Å². The van der Waals surface area contributed by atoms with Crippen molar-refractivity contribution in [1.29, 1.82) is 0 Å². The van der Waals surface area contributed by atoms with Crippen LogP contribution in [0.3, 0.4) is 0 Å². The van der Waals surface area contributed by atoms with E-state index in [1.165, 1.54) is 13.0 Å². The lowest BCUT2D eigenvalue weighted by atomic mass is 9.83. The van der Waals surface area contributed by atoms with Crippen molar-refractivity contribution in [3.8, 4) is 0 Å². The Kier molecular flexibility index (Phi) is 3.27. The molecule has 2 atom stereocenters. The number of benzene rings is 1. The van der Waals surface area contributed by atoms with Crippen LogP contribution in [0.25, 0.3) is 0 Å². The predicted octanol–water partition coefficient (Wildman–Crippen LogP) is 1.79. The van der Waals surface area contributed by atoms with E-state index in [9.17, 15) is 9.90 Å². The molecule has 0 aliphatic heterocycles. The molecule has 0 heterocycles. The Labute approximate surface area is 88.7 Å². The van der Waals surface area contributed by atoms with Gasteiger partial charge >= 0.3 is 5.97 Å². The maximum absolute atomic E-state index is 10.9. The minimum atomic E-state index is -1.83. The largest absolute Gasteiger partial charge is 0.479 e. The van der Waals surface area contributed by atoms with Crippen LogP contribution in [-0.2, 0) is 4.79 Å². The molecule has 3 heteroatoms. The van der Waals surface area contributed by atoms with Crippen molar-refractivity contribution < 1.29 is 15.0 Å². The van der Waals surface area contributed by atoms with Crippen LogP contribution in [-0.4, -0.2) is 21.8 Å². The fraction of sp³-hybridized carbons (Fsp3) is 0.250. The molecule has 0 bridgehead atoms. The summed E-state index contributed by atoms with van der Waals surface area (Å²) in [6, 6.07) is 8.96. The van der Waals surface area contributed by atoms with Gasteiger partial charge in [-0.3, -0.25) is 0 Å². The lowest BCUT2D eigenvalue weighted by Crippen LogP contribution is -2.40. The maximum atomic E-state index is 10.9. The highest BCUT2D eigenvalue weighted by molar-refractivity contribution is 5.78. The molecule has 3 nitrogen and oxygen atoms in total. The van der Waals surface area contributed by atoms with Gasteiger partial charge < -0.3 is 10.2 Å². The minimum absolute atomic E-state index is 0.615. The predicted molar refractivity (Wildman–Crippen MR) is 57.6 cm³/mol. The quantitative estimate of drug-likeness (QED) is 0.738. The first kappa shape index (κ1) is 11.5. The fourth-order valence-electron chi connectivity index (χ4n) is 1.48. The van der Waals surface area contributed by atoms with Gasteiger partial charge in [-0.05, 0) is 12.5 Å². The van der Waals surface area contributed by atoms with Crippen molar-refractivity contribution in [2.45, 2.75) is 18.4 Å². The van der Waals surface area contributed by atoms with Gasteiger partial charge in [0.25, 0.3) is 0 Å². The van der Waals surface area contributed by atoms with E-state index in [0.29, 0.717) is 0 Å². The van der Waals surface area contributed by atoms with Crippen LogP contribution in [0.4, 0.5) is 0 Å². The molecule has 0 aromatic heterocycles. The van der Waals surface area contributed by atoms with Gasteiger partial charge in [0.2, 0.25) is 0 Å². The van der Waals surface area contributed by atoms with Crippen molar-refractivity contribution in [2.75, 3.05) is 0 Å². The first-order valence-corrected chi connectivity index (χ1v) is 4.63. The molecule has 1 aromatic rings. The van der Waals surface area contributed by atoms with Crippen molar-refractivity contribution in [1.82, 2.24) is 0 Å². The van der Waals surface area contributed by atoms with Crippen LogP contribution in [0.5, 0.6) is 0 Å². The van der Waals surface area contributed by atoms with Crippen LogP contribution in [0.15, 0.2) is 43.0 Å². The molecule has 0 aliphatic carbocycles. The van der Waals surface area contributed by atoms with Crippen molar-refractivity contribution in [3.63, 3.8) is 0 Å². The highest BCUT2D eigenvalue weighted by Gasteiger charge is 2.38. The molecule has 80 valence electrons. The topological polar surface area (TPSA) is 57.5 Å². The normalized spacial score (nSPS) is 16.4. The summed E-state index contributed by atoms with van der Waals surface area (Å²) in [6.07, 6.45) is 1.45. The SMILES string of the molecule is C=C[C@@H](c1ccccc1)[C@](C)(O)C(=O)O. The second-order valence-corrected chi connectivity index (χ2v) is 3.58. The number of aliphatic carboxylic acids is 1. The van der Waals surface area contributed by atoms with E-state index in [2.05, 4.69) is 6.58 Å². The summed E-state index contributed by atoms with van der Waals surface area (Å²) in [4.78, 5) is 10.9. The average Bonchev–Trinajstić information content (AvgIpc) is 2.19. The zero-order chi connectivity index (χ0) is 11.5. The lowest BCUT2D eigenvalue weighted by Gasteiger charge is -2.26. The van der Waals surface area contributed by atoms with Gasteiger partial charge in [0.15, 0.2) is 5.60 Å². The number of hydrogen-bond donors (Lipinski definition) is 2. The van der Waals surface area contributed by atoms with Crippen LogP contribution in [0.2, 0.25) is 0 Å². The molecular formula is C12H14O3. The third-order valence-corrected chi connectivity index (χ3v) is 2.43. The second-order valence-electron chi connectivity index (χ2n) is 3.58. The van der Waals surface area contributed by atoms with Gasteiger partial charge in [-0.1, -0.05) is 36.4 Å². The molecular weight excluding hydrogens is 192 g/mol. The van der Waals surface area contributed by atoms with E-state index in [1.54, 1.807) is 24.3 Å². The van der Waals surface area contributed by atoms with Gasteiger partial charge in [-0.15, -0.1) is 6.58 Å². The fourth-order valence-corrected chi connectivity index (χ4v) is 1.48. The molecule has 0 radical (unpaired) electrons. The summed E-state index contributed by atoms with van der Waals surface area (Å²) in [5.74, 6) is -1.87. The number of aliphatic hydroxyl groups is 1. The van der Waals surface area contributed by atoms with E-state index in [4.69, 9.17) is 5.11 Å². The molecule has 0 fully saturated rings. The van der Waals surface area contributed by atoms with E-state index in [-0.39, 0.29) is 0 Å². The number of rotatable bonds is 4. The highest BCUT2D eigenvalue weighted by atomic mass is 16.4. The highest BCUT2D eigenvalue weighted by Crippen LogP contribution is 2.29. The van der Waals surface area contributed by atoms with Crippen molar-refractivity contribution in [2.24, 2.45) is 0 Å². The van der Waals surface area contributed by atoms with Gasteiger partial charge in [0, 0.05) is 5.92 Å².